The van der Waals surface area contributed by atoms with Crippen LogP contribution >= 0.6 is 0 Å². The first-order valence-electron chi connectivity index (χ1n) is 9.24. The minimum absolute atomic E-state index is 0.131. The van der Waals surface area contributed by atoms with Crippen LogP contribution in [0.5, 0.6) is 5.88 Å². The largest absolute Gasteiger partial charge is 0.481 e. The molecule has 0 saturated carbocycles. The summed E-state index contributed by atoms with van der Waals surface area (Å²) in [6.07, 6.45) is 3.88. The summed E-state index contributed by atoms with van der Waals surface area (Å²) in [7, 11) is -2.05. The molecule has 0 bridgehead atoms. The molecule has 28 heavy (non-hydrogen) atoms. The number of ether oxygens (including phenoxy) is 2. The van der Waals surface area contributed by atoms with Crippen LogP contribution < -0.4 is 4.74 Å². The molecule has 1 fully saturated rings. The summed E-state index contributed by atoms with van der Waals surface area (Å²) in [4.78, 5) is 18.3. The van der Waals surface area contributed by atoms with Crippen molar-refractivity contribution in [3.8, 4) is 5.88 Å². The zero-order valence-electron chi connectivity index (χ0n) is 16.9. The normalized spacial score (nSPS) is 18.3. The van der Waals surface area contributed by atoms with Gasteiger partial charge in [0.15, 0.2) is 0 Å². The molecule has 1 aliphatic rings. The maximum Gasteiger partial charge on any atom is 0.410 e. The van der Waals surface area contributed by atoms with Gasteiger partial charge in [0, 0.05) is 30.9 Å². The lowest BCUT2D eigenvalue weighted by molar-refractivity contribution is 0.0197. The number of carbonyl (C=O) groups excluding carboxylic acids is 1. The Hall–Kier alpha value is -2.29. The van der Waals surface area contributed by atoms with E-state index in [0.717, 1.165) is 12.8 Å². The monoisotopic (exact) mass is 409 g/mol. The summed E-state index contributed by atoms with van der Waals surface area (Å²) < 4.78 is 37.3. The highest BCUT2D eigenvalue weighted by molar-refractivity contribution is 7.89. The van der Waals surface area contributed by atoms with Crippen molar-refractivity contribution >= 4 is 27.0 Å². The number of piperidine rings is 1. The van der Waals surface area contributed by atoms with Crippen molar-refractivity contribution in [1.82, 2.24) is 13.9 Å². The van der Waals surface area contributed by atoms with Crippen LogP contribution in [0, 0.1) is 0 Å². The molecular weight excluding hydrogens is 382 g/mol. The minimum Gasteiger partial charge on any atom is -0.481 e. The topological polar surface area (TPSA) is 90.7 Å². The second-order valence-corrected chi connectivity index (χ2v) is 9.95. The lowest BCUT2D eigenvalue weighted by Crippen LogP contribution is -2.42. The van der Waals surface area contributed by atoms with E-state index in [9.17, 15) is 13.2 Å². The summed E-state index contributed by atoms with van der Waals surface area (Å²) in [6, 6.07) is 3.47. The van der Waals surface area contributed by atoms with Crippen molar-refractivity contribution in [3.63, 3.8) is 0 Å². The molecule has 1 atom stereocenters. The highest BCUT2D eigenvalue weighted by Gasteiger charge is 2.32. The molecule has 154 valence electrons. The predicted octanol–water partition coefficient (Wildman–Crippen LogP) is 2.97. The summed E-state index contributed by atoms with van der Waals surface area (Å²) in [5.74, 6) is 0.244. The molecule has 3 heterocycles. The van der Waals surface area contributed by atoms with E-state index in [4.69, 9.17) is 9.47 Å². The molecule has 1 aliphatic heterocycles. The number of pyridine rings is 1. The fraction of sp³-hybridized carbons (Fsp3) is 0.579. The van der Waals surface area contributed by atoms with E-state index >= 15 is 0 Å². The molecule has 0 radical (unpaired) electrons. The Morgan fingerprint density at radius 3 is 2.64 bits per heavy atom. The molecule has 2 aromatic heterocycles. The molecule has 0 N–H and O–H groups in total. The third-order valence-electron chi connectivity index (χ3n) is 4.69. The summed E-state index contributed by atoms with van der Waals surface area (Å²) >= 11 is 0. The molecule has 1 amide bonds. The molecule has 0 aromatic carbocycles. The van der Waals surface area contributed by atoms with Gasteiger partial charge < -0.3 is 14.4 Å². The quantitative estimate of drug-likeness (QED) is 0.774. The average Bonchev–Trinajstić information content (AvgIpc) is 3.00. The van der Waals surface area contributed by atoms with Crippen molar-refractivity contribution in [2.75, 3.05) is 26.5 Å². The van der Waals surface area contributed by atoms with Crippen LogP contribution in [0.1, 0.15) is 45.2 Å². The van der Waals surface area contributed by atoms with E-state index in [-0.39, 0.29) is 12.0 Å². The molecular formula is C19H27N3O5S. The van der Waals surface area contributed by atoms with Crippen LogP contribution in [0.15, 0.2) is 18.3 Å². The first-order valence-corrected chi connectivity index (χ1v) is 11.1. The summed E-state index contributed by atoms with van der Waals surface area (Å²) in [6.45, 7) is 6.47. The van der Waals surface area contributed by atoms with Crippen LogP contribution in [-0.2, 0) is 14.8 Å². The Kier molecular flexibility index (Phi) is 5.31. The second kappa shape index (κ2) is 7.27. The first-order chi connectivity index (χ1) is 13.0. The number of likely N-dealkylation sites (tertiary alicyclic amines) is 1. The first kappa shape index (κ1) is 20.4. The summed E-state index contributed by atoms with van der Waals surface area (Å²) in [5.41, 5.74) is 0.584. The van der Waals surface area contributed by atoms with Gasteiger partial charge in [-0.15, -0.1) is 0 Å². The molecule has 1 unspecified atom stereocenters. The number of nitrogens with zero attached hydrogens (tertiary/aromatic N) is 3. The van der Waals surface area contributed by atoms with E-state index in [2.05, 4.69) is 4.98 Å². The SMILES string of the molecule is COc1nccc2c1cc(C1CCCN(C(=O)OC(C)(C)C)C1)n2S(C)(=O)=O. The standard InChI is InChI=1S/C19H27N3O5S/c1-19(2,3)27-18(23)21-10-6-7-13(12-21)16-11-14-15(22(16)28(5,24)25)8-9-20-17(14)26-4/h8-9,11,13H,6-7,10,12H2,1-5H3. The van der Waals surface area contributed by atoms with E-state index in [0.29, 0.717) is 35.6 Å². The van der Waals surface area contributed by atoms with Gasteiger partial charge in [0.2, 0.25) is 15.9 Å². The highest BCUT2D eigenvalue weighted by atomic mass is 32.2. The van der Waals surface area contributed by atoms with Crippen molar-refractivity contribution in [2.24, 2.45) is 0 Å². The highest BCUT2D eigenvalue weighted by Crippen LogP contribution is 2.35. The maximum atomic E-state index is 12.6. The van der Waals surface area contributed by atoms with Crippen molar-refractivity contribution < 1.29 is 22.7 Å². The predicted molar refractivity (Wildman–Crippen MR) is 106 cm³/mol. The fourth-order valence-electron chi connectivity index (χ4n) is 3.63. The number of methoxy groups -OCH3 is 1. The number of rotatable bonds is 3. The van der Waals surface area contributed by atoms with E-state index in [1.54, 1.807) is 11.0 Å². The van der Waals surface area contributed by atoms with Gasteiger partial charge in [-0.25, -0.2) is 22.2 Å². The van der Waals surface area contributed by atoms with Crippen molar-refractivity contribution in [1.29, 1.82) is 0 Å². The number of aromatic nitrogens is 2. The van der Waals surface area contributed by atoms with Crippen LogP contribution in [-0.4, -0.2) is 60.4 Å². The average molecular weight is 410 g/mol. The molecule has 0 aliphatic carbocycles. The molecule has 2 aromatic rings. The smallest absolute Gasteiger partial charge is 0.410 e. The lowest BCUT2D eigenvalue weighted by atomic mass is 9.95. The van der Waals surface area contributed by atoms with Crippen LogP contribution in [0.25, 0.3) is 10.9 Å². The Labute approximate surface area is 165 Å². The van der Waals surface area contributed by atoms with E-state index in [1.807, 2.05) is 26.8 Å². The maximum absolute atomic E-state index is 12.6. The molecule has 9 heteroatoms. The van der Waals surface area contributed by atoms with Gasteiger partial charge in [-0.2, -0.15) is 0 Å². The number of fused-ring (bicyclic) bond motifs is 1. The Morgan fingerprint density at radius 1 is 1.32 bits per heavy atom. The van der Waals surface area contributed by atoms with Gasteiger partial charge in [-0.3, -0.25) is 0 Å². The third kappa shape index (κ3) is 4.09. The van der Waals surface area contributed by atoms with Crippen molar-refractivity contribution in [2.45, 2.75) is 45.1 Å². The Morgan fingerprint density at radius 2 is 2.04 bits per heavy atom. The molecule has 3 rings (SSSR count). The Balaban J connectivity index is 2.02. The van der Waals surface area contributed by atoms with Gasteiger partial charge in [0.1, 0.15) is 5.60 Å². The molecule has 1 saturated heterocycles. The molecule has 0 spiro atoms. The van der Waals surface area contributed by atoms with E-state index < -0.39 is 15.6 Å². The van der Waals surface area contributed by atoms with Crippen LogP contribution in [0.2, 0.25) is 0 Å². The van der Waals surface area contributed by atoms with E-state index in [1.165, 1.54) is 23.5 Å². The van der Waals surface area contributed by atoms with Crippen molar-refractivity contribution in [3.05, 3.63) is 24.0 Å². The minimum atomic E-state index is -3.56. The number of hydrogen-bond donors (Lipinski definition) is 0. The van der Waals surface area contributed by atoms with Gasteiger partial charge in [-0.1, -0.05) is 0 Å². The lowest BCUT2D eigenvalue weighted by Gasteiger charge is -2.34. The fourth-order valence-corrected chi connectivity index (χ4v) is 4.73. The summed E-state index contributed by atoms with van der Waals surface area (Å²) in [5, 5.41) is 0.639. The second-order valence-electron chi connectivity index (χ2n) is 8.12. The van der Waals surface area contributed by atoms with Crippen LogP contribution in [0.3, 0.4) is 0 Å². The Bertz CT molecular complexity index is 991. The third-order valence-corrected chi connectivity index (χ3v) is 5.76. The number of carbonyl (C=O) groups is 1. The van der Waals surface area contributed by atoms with Gasteiger partial charge >= 0.3 is 6.09 Å². The molecule has 8 nitrogen and oxygen atoms in total. The van der Waals surface area contributed by atoms with Gasteiger partial charge in [0.25, 0.3) is 0 Å². The van der Waals surface area contributed by atoms with Gasteiger partial charge in [0.05, 0.1) is 24.3 Å². The zero-order chi connectivity index (χ0) is 20.7. The number of hydrogen-bond acceptors (Lipinski definition) is 6. The zero-order valence-corrected chi connectivity index (χ0v) is 17.7. The van der Waals surface area contributed by atoms with Gasteiger partial charge in [-0.05, 0) is 45.7 Å². The van der Waals surface area contributed by atoms with Crippen LogP contribution in [0.4, 0.5) is 4.79 Å². The number of amides is 1.